The first-order valence-electron chi connectivity index (χ1n) is 7.70. The normalized spacial score (nSPS) is 14.6. The molecule has 0 aromatic heterocycles. The fourth-order valence-electron chi connectivity index (χ4n) is 1.97. The van der Waals surface area contributed by atoms with Gasteiger partial charge in [-0.3, -0.25) is 0 Å². The van der Waals surface area contributed by atoms with Crippen molar-refractivity contribution in [3.63, 3.8) is 0 Å². The molecule has 0 aliphatic rings. The second-order valence-corrected chi connectivity index (χ2v) is 11.2. The van der Waals surface area contributed by atoms with Crippen LogP contribution in [-0.4, -0.2) is 18.7 Å². The summed E-state index contributed by atoms with van der Waals surface area (Å²) in [6.45, 7) is 15.9. The van der Waals surface area contributed by atoms with Crippen LogP contribution in [0.2, 0.25) is 0 Å². The maximum atomic E-state index is 12.2. The van der Waals surface area contributed by atoms with Gasteiger partial charge in [-0.2, -0.15) is 0 Å². The zero-order chi connectivity index (χ0) is 16.2. The third-order valence-electron chi connectivity index (χ3n) is 3.45. The van der Waals surface area contributed by atoms with Crippen molar-refractivity contribution in [3.05, 3.63) is 0 Å². The first-order chi connectivity index (χ1) is 8.66. The van der Waals surface area contributed by atoms with Crippen molar-refractivity contribution in [1.82, 2.24) is 4.72 Å². The van der Waals surface area contributed by atoms with E-state index >= 15 is 0 Å². The standard InChI is InChI=1S/C16H35NO2S/c1-14(2,3)12-10-9-11-13-16(7,8)17-20(18,19)15(4,5)6/h17H,9-13H2,1-8H3. The Hall–Kier alpha value is -0.0900. The highest BCUT2D eigenvalue weighted by Gasteiger charge is 2.33. The fourth-order valence-corrected chi connectivity index (χ4v) is 3.10. The minimum atomic E-state index is -3.27. The number of unbranched alkanes of at least 4 members (excludes halogenated alkanes) is 2. The first kappa shape index (κ1) is 19.9. The molecule has 0 aromatic carbocycles. The van der Waals surface area contributed by atoms with Crippen LogP contribution in [0, 0.1) is 5.41 Å². The molecular formula is C16H35NO2S. The summed E-state index contributed by atoms with van der Waals surface area (Å²) in [7, 11) is -3.27. The molecule has 0 radical (unpaired) electrons. The molecule has 0 aliphatic carbocycles. The highest BCUT2D eigenvalue weighted by molar-refractivity contribution is 7.90. The minimum absolute atomic E-state index is 0.367. The summed E-state index contributed by atoms with van der Waals surface area (Å²) in [5.41, 5.74) is 0.0250. The SMILES string of the molecule is CC(C)(C)CCCCCC(C)(C)NS(=O)(=O)C(C)(C)C. The number of rotatable bonds is 7. The summed E-state index contributed by atoms with van der Waals surface area (Å²) < 4.78 is 26.5. The number of nitrogens with one attached hydrogen (secondary N) is 1. The van der Waals surface area contributed by atoms with E-state index in [-0.39, 0.29) is 5.54 Å². The Morgan fingerprint density at radius 1 is 0.750 bits per heavy atom. The van der Waals surface area contributed by atoms with Crippen molar-refractivity contribution in [2.24, 2.45) is 5.41 Å². The molecule has 0 saturated heterocycles. The van der Waals surface area contributed by atoms with Crippen molar-refractivity contribution in [2.75, 3.05) is 0 Å². The summed E-state index contributed by atoms with van der Waals surface area (Å²) >= 11 is 0. The average Bonchev–Trinajstić information content (AvgIpc) is 2.10. The molecule has 0 saturated carbocycles. The Morgan fingerprint density at radius 2 is 1.20 bits per heavy atom. The van der Waals surface area contributed by atoms with Crippen LogP contribution in [0.3, 0.4) is 0 Å². The highest BCUT2D eigenvalue weighted by atomic mass is 32.2. The molecule has 122 valence electrons. The maximum Gasteiger partial charge on any atom is 0.217 e. The van der Waals surface area contributed by atoms with E-state index in [9.17, 15) is 8.42 Å². The van der Waals surface area contributed by atoms with Gasteiger partial charge in [-0.05, 0) is 52.9 Å². The largest absolute Gasteiger partial charge is 0.217 e. The average molecular weight is 306 g/mol. The first-order valence-corrected chi connectivity index (χ1v) is 9.18. The quantitative estimate of drug-likeness (QED) is 0.705. The third kappa shape index (κ3) is 8.25. The molecule has 0 atom stereocenters. The fraction of sp³-hybridized carbons (Fsp3) is 1.00. The summed E-state index contributed by atoms with van der Waals surface area (Å²) in [6.07, 6.45) is 5.55. The zero-order valence-electron chi connectivity index (χ0n) is 14.8. The second-order valence-electron chi connectivity index (χ2n) is 8.72. The van der Waals surface area contributed by atoms with Crippen LogP contribution >= 0.6 is 0 Å². The van der Waals surface area contributed by atoms with Gasteiger partial charge in [0.25, 0.3) is 0 Å². The van der Waals surface area contributed by atoms with Gasteiger partial charge in [-0.15, -0.1) is 0 Å². The highest BCUT2D eigenvalue weighted by Crippen LogP contribution is 2.24. The van der Waals surface area contributed by atoms with Crippen LogP contribution in [0.1, 0.15) is 87.5 Å². The molecule has 0 amide bonds. The molecule has 1 N–H and O–H groups in total. The molecule has 0 fully saturated rings. The van der Waals surface area contributed by atoms with Gasteiger partial charge in [0.15, 0.2) is 0 Å². The van der Waals surface area contributed by atoms with Crippen LogP contribution in [0.25, 0.3) is 0 Å². The summed E-state index contributed by atoms with van der Waals surface area (Å²) in [4.78, 5) is 0. The molecule has 0 bridgehead atoms. The van der Waals surface area contributed by atoms with Gasteiger partial charge in [0.05, 0.1) is 4.75 Å². The molecule has 0 unspecified atom stereocenters. The van der Waals surface area contributed by atoms with Crippen molar-refractivity contribution < 1.29 is 8.42 Å². The van der Waals surface area contributed by atoms with Crippen LogP contribution in [0.4, 0.5) is 0 Å². The van der Waals surface area contributed by atoms with Gasteiger partial charge < -0.3 is 0 Å². The van der Waals surface area contributed by atoms with Gasteiger partial charge in [0.1, 0.15) is 0 Å². The molecular weight excluding hydrogens is 270 g/mol. The second kappa shape index (κ2) is 6.78. The number of hydrogen-bond acceptors (Lipinski definition) is 2. The lowest BCUT2D eigenvalue weighted by atomic mass is 9.88. The van der Waals surface area contributed by atoms with Crippen molar-refractivity contribution in [1.29, 1.82) is 0 Å². The van der Waals surface area contributed by atoms with Crippen LogP contribution in [-0.2, 0) is 10.0 Å². The van der Waals surface area contributed by atoms with Crippen molar-refractivity contribution >= 4 is 10.0 Å². The van der Waals surface area contributed by atoms with Crippen molar-refractivity contribution in [2.45, 2.75) is 97.8 Å². The van der Waals surface area contributed by atoms with Crippen LogP contribution in [0.15, 0.2) is 0 Å². The Kier molecular flexibility index (Phi) is 6.75. The van der Waals surface area contributed by atoms with Gasteiger partial charge in [0.2, 0.25) is 10.0 Å². The van der Waals surface area contributed by atoms with E-state index < -0.39 is 14.8 Å². The summed E-state index contributed by atoms with van der Waals surface area (Å²) in [5.74, 6) is 0. The summed E-state index contributed by atoms with van der Waals surface area (Å²) in [6, 6.07) is 0. The predicted octanol–water partition coefficient (Wildman–Crippen LogP) is 4.48. The van der Waals surface area contributed by atoms with Gasteiger partial charge in [0, 0.05) is 5.54 Å². The third-order valence-corrected chi connectivity index (χ3v) is 5.88. The van der Waals surface area contributed by atoms with E-state index in [0.717, 1.165) is 19.3 Å². The lowest BCUT2D eigenvalue weighted by molar-refractivity contribution is 0.345. The molecule has 3 nitrogen and oxygen atoms in total. The van der Waals surface area contributed by atoms with Gasteiger partial charge in [-0.1, -0.05) is 40.0 Å². The molecule has 0 aromatic rings. The molecule has 0 spiro atoms. The van der Waals surface area contributed by atoms with Crippen molar-refractivity contribution in [3.8, 4) is 0 Å². The monoisotopic (exact) mass is 305 g/mol. The zero-order valence-corrected chi connectivity index (χ0v) is 15.6. The van der Waals surface area contributed by atoms with Crippen LogP contribution in [0.5, 0.6) is 0 Å². The topological polar surface area (TPSA) is 46.2 Å². The van der Waals surface area contributed by atoms with E-state index in [0.29, 0.717) is 5.41 Å². The Morgan fingerprint density at radius 3 is 1.60 bits per heavy atom. The molecule has 20 heavy (non-hydrogen) atoms. The Balaban J connectivity index is 4.22. The maximum absolute atomic E-state index is 12.2. The van der Waals surface area contributed by atoms with E-state index in [1.165, 1.54) is 12.8 Å². The van der Waals surface area contributed by atoms with E-state index in [1.807, 2.05) is 13.8 Å². The smallest absolute Gasteiger partial charge is 0.212 e. The van der Waals surface area contributed by atoms with Gasteiger partial charge >= 0.3 is 0 Å². The summed E-state index contributed by atoms with van der Waals surface area (Å²) in [5, 5.41) is 0. The van der Waals surface area contributed by atoms with Crippen LogP contribution < -0.4 is 4.72 Å². The lowest BCUT2D eigenvalue weighted by Gasteiger charge is -2.30. The van der Waals surface area contributed by atoms with E-state index in [1.54, 1.807) is 20.8 Å². The number of hydrogen-bond donors (Lipinski definition) is 1. The number of sulfonamides is 1. The molecule has 0 heterocycles. The Labute approximate surface area is 127 Å². The molecule has 4 heteroatoms. The van der Waals surface area contributed by atoms with Gasteiger partial charge in [-0.25, -0.2) is 13.1 Å². The van der Waals surface area contributed by atoms with E-state index in [4.69, 9.17) is 0 Å². The minimum Gasteiger partial charge on any atom is -0.212 e. The van der Waals surface area contributed by atoms with E-state index in [2.05, 4.69) is 25.5 Å². The Bertz CT molecular complexity index is 384. The predicted molar refractivity (Wildman–Crippen MR) is 88.4 cm³/mol. The molecule has 0 aliphatic heterocycles. The lowest BCUT2D eigenvalue weighted by Crippen LogP contribution is -2.50. The molecule has 0 rings (SSSR count).